The van der Waals surface area contributed by atoms with Crippen LogP contribution in [0.2, 0.25) is 0 Å². The Morgan fingerprint density at radius 1 is 1.18 bits per heavy atom. The zero-order valence-corrected chi connectivity index (χ0v) is 9.81. The van der Waals surface area contributed by atoms with Crippen LogP contribution in [-0.2, 0) is 0 Å². The molecule has 0 unspecified atom stereocenters. The van der Waals surface area contributed by atoms with Gasteiger partial charge in [0, 0.05) is 5.39 Å². The number of carboxylic acid groups (broad SMARTS) is 1. The molecule has 2 aromatic carbocycles. The van der Waals surface area contributed by atoms with Gasteiger partial charge in [-0.3, -0.25) is 0 Å². The lowest BCUT2D eigenvalue weighted by Gasteiger charge is -2.14. The third-order valence-electron chi connectivity index (χ3n) is 2.46. The molecule has 0 amide bonds. The van der Waals surface area contributed by atoms with Crippen LogP contribution in [0.5, 0.6) is 5.75 Å². The van der Waals surface area contributed by atoms with Gasteiger partial charge >= 0.3 is 5.97 Å². The highest BCUT2D eigenvalue weighted by atomic mass is 16.5. The largest absolute Gasteiger partial charge is 0.489 e. The van der Waals surface area contributed by atoms with E-state index in [4.69, 9.17) is 9.84 Å². The Kier molecular flexibility index (Phi) is 3.00. The second kappa shape index (κ2) is 4.45. The summed E-state index contributed by atoms with van der Waals surface area (Å²) in [5.41, 5.74) is 0.206. The lowest BCUT2D eigenvalue weighted by Crippen LogP contribution is -2.10. The summed E-state index contributed by atoms with van der Waals surface area (Å²) in [7, 11) is 0. The van der Waals surface area contributed by atoms with Gasteiger partial charge in [0.25, 0.3) is 0 Å². The van der Waals surface area contributed by atoms with E-state index in [-0.39, 0.29) is 11.7 Å². The van der Waals surface area contributed by atoms with Crippen molar-refractivity contribution in [3.05, 3.63) is 42.0 Å². The summed E-state index contributed by atoms with van der Waals surface area (Å²) >= 11 is 0. The second-order valence-electron chi connectivity index (χ2n) is 4.14. The van der Waals surface area contributed by atoms with Crippen LogP contribution >= 0.6 is 0 Å². The molecule has 0 aromatic heterocycles. The van der Waals surface area contributed by atoms with E-state index in [9.17, 15) is 4.79 Å². The van der Waals surface area contributed by atoms with Gasteiger partial charge < -0.3 is 9.84 Å². The third kappa shape index (κ3) is 2.23. The predicted octanol–water partition coefficient (Wildman–Crippen LogP) is 3.33. The van der Waals surface area contributed by atoms with E-state index >= 15 is 0 Å². The Balaban J connectivity index is 2.70. The number of hydrogen-bond donors (Lipinski definition) is 1. The van der Waals surface area contributed by atoms with E-state index in [0.717, 1.165) is 10.8 Å². The van der Waals surface area contributed by atoms with Crippen molar-refractivity contribution in [1.29, 1.82) is 0 Å². The quantitative estimate of drug-likeness (QED) is 0.879. The van der Waals surface area contributed by atoms with Crippen LogP contribution in [0.3, 0.4) is 0 Å². The minimum atomic E-state index is -0.966. The van der Waals surface area contributed by atoms with Crippen LogP contribution < -0.4 is 4.74 Å². The van der Waals surface area contributed by atoms with Gasteiger partial charge in [-0.2, -0.15) is 0 Å². The highest BCUT2D eigenvalue weighted by molar-refractivity contribution is 6.00. The molecule has 2 rings (SSSR count). The first kappa shape index (κ1) is 11.5. The van der Waals surface area contributed by atoms with Crippen molar-refractivity contribution in [3.63, 3.8) is 0 Å². The molecule has 0 saturated carbocycles. The molecule has 0 atom stereocenters. The average molecular weight is 230 g/mol. The number of ether oxygens (including phenoxy) is 1. The van der Waals surface area contributed by atoms with Gasteiger partial charge in [0.05, 0.1) is 6.10 Å². The van der Waals surface area contributed by atoms with Crippen LogP contribution in [-0.4, -0.2) is 17.2 Å². The molecule has 0 aliphatic heterocycles. The van der Waals surface area contributed by atoms with E-state index in [1.807, 2.05) is 38.1 Å². The van der Waals surface area contributed by atoms with Crippen LogP contribution in [0.15, 0.2) is 36.4 Å². The van der Waals surface area contributed by atoms with Crippen molar-refractivity contribution in [2.75, 3.05) is 0 Å². The number of carbonyl (C=O) groups is 1. The maximum absolute atomic E-state index is 11.2. The molecule has 1 N–H and O–H groups in total. The SMILES string of the molecule is CC(C)Oc1c(C(=O)O)ccc2ccccc12. The molecule has 0 fully saturated rings. The summed E-state index contributed by atoms with van der Waals surface area (Å²) in [6.45, 7) is 3.76. The summed E-state index contributed by atoms with van der Waals surface area (Å²) in [6.07, 6.45) is -0.0566. The normalized spacial score (nSPS) is 10.8. The first-order valence-corrected chi connectivity index (χ1v) is 5.51. The number of hydrogen-bond acceptors (Lipinski definition) is 2. The van der Waals surface area contributed by atoms with E-state index in [0.29, 0.717) is 5.75 Å². The molecule has 0 aliphatic rings. The number of carboxylic acids is 1. The van der Waals surface area contributed by atoms with E-state index in [1.165, 1.54) is 0 Å². The minimum Gasteiger partial charge on any atom is -0.489 e. The fourth-order valence-corrected chi connectivity index (χ4v) is 1.77. The maximum atomic E-state index is 11.2. The molecule has 3 heteroatoms. The fraction of sp³-hybridized carbons (Fsp3) is 0.214. The molecule has 2 aromatic rings. The molecule has 0 bridgehead atoms. The van der Waals surface area contributed by atoms with Gasteiger partial charge in [0.15, 0.2) is 0 Å². The van der Waals surface area contributed by atoms with Crippen LogP contribution in [0, 0.1) is 0 Å². The smallest absolute Gasteiger partial charge is 0.339 e. The summed E-state index contributed by atoms with van der Waals surface area (Å²) in [6, 6.07) is 11.0. The topological polar surface area (TPSA) is 46.5 Å². The Hall–Kier alpha value is -2.03. The molecule has 0 radical (unpaired) electrons. The number of aromatic carboxylic acids is 1. The second-order valence-corrected chi connectivity index (χ2v) is 4.14. The Bertz CT molecular complexity index is 558. The zero-order valence-electron chi connectivity index (χ0n) is 9.81. The first-order valence-electron chi connectivity index (χ1n) is 5.51. The van der Waals surface area contributed by atoms with Crippen LogP contribution in [0.4, 0.5) is 0 Å². The van der Waals surface area contributed by atoms with Crippen molar-refractivity contribution >= 4 is 16.7 Å². The van der Waals surface area contributed by atoms with Gasteiger partial charge in [-0.25, -0.2) is 4.79 Å². The molecule has 0 aliphatic carbocycles. The highest BCUT2D eigenvalue weighted by Gasteiger charge is 2.15. The predicted molar refractivity (Wildman–Crippen MR) is 66.7 cm³/mol. The summed E-state index contributed by atoms with van der Waals surface area (Å²) < 4.78 is 5.64. The van der Waals surface area contributed by atoms with E-state index < -0.39 is 5.97 Å². The standard InChI is InChI=1S/C14H14O3/c1-9(2)17-13-11-6-4-3-5-10(11)7-8-12(13)14(15)16/h3-9H,1-2H3,(H,15,16). The number of fused-ring (bicyclic) bond motifs is 1. The zero-order chi connectivity index (χ0) is 12.4. The van der Waals surface area contributed by atoms with Crippen molar-refractivity contribution < 1.29 is 14.6 Å². The Morgan fingerprint density at radius 3 is 2.53 bits per heavy atom. The summed E-state index contributed by atoms with van der Waals surface area (Å²) in [5.74, 6) is -0.517. The number of benzene rings is 2. The molecule has 3 nitrogen and oxygen atoms in total. The highest BCUT2D eigenvalue weighted by Crippen LogP contribution is 2.30. The molecule has 0 spiro atoms. The van der Waals surface area contributed by atoms with Crippen molar-refractivity contribution in [2.45, 2.75) is 20.0 Å². The first-order chi connectivity index (χ1) is 8.09. The van der Waals surface area contributed by atoms with E-state index in [1.54, 1.807) is 12.1 Å². The van der Waals surface area contributed by atoms with Gasteiger partial charge in [-0.1, -0.05) is 30.3 Å². The van der Waals surface area contributed by atoms with Crippen LogP contribution in [0.25, 0.3) is 10.8 Å². The van der Waals surface area contributed by atoms with Gasteiger partial charge in [-0.15, -0.1) is 0 Å². The lowest BCUT2D eigenvalue weighted by atomic mass is 10.1. The van der Waals surface area contributed by atoms with E-state index in [2.05, 4.69) is 0 Å². The average Bonchev–Trinajstić information content (AvgIpc) is 2.28. The van der Waals surface area contributed by atoms with Gasteiger partial charge in [-0.05, 0) is 25.3 Å². The van der Waals surface area contributed by atoms with Crippen molar-refractivity contribution in [1.82, 2.24) is 0 Å². The molecular weight excluding hydrogens is 216 g/mol. The number of rotatable bonds is 3. The van der Waals surface area contributed by atoms with Crippen molar-refractivity contribution in [2.24, 2.45) is 0 Å². The monoisotopic (exact) mass is 230 g/mol. The maximum Gasteiger partial charge on any atom is 0.339 e. The van der Waals surface area contributed by atoms with Crippen molar-refractivity contribution in [3.8, 4) is 5.75 Å². The summed E-state index contributed by atoms with van der Waals surface area (Å²) in [5, 5.41) is 11.0. The molecule has 0 heterocycles. The Labute approximate surface area is 99.6 Å². The molecule has 17 heavy (non-hydrogen) atoms. The fourth-order valence-electron chi connectivity index (χ4n) is 1.77. The Morgan fingerprint density at radius 2 is 1.88 bits per heavy atom. The summed E-state index contributed by atoms with van der Waals surface area (Å²) in [4.78, 5) is 11.2. The van der Waals surface area contributed by atoms with Crippen LogP contribution in [0.1, 0.15) is 24.2 Å². The minimum absolute atomic E-state index is 0.0566. The van der Waals surface area contributed by atoms with Gasteiger partial charge in [0.1, 0.15) is 11.3 Å². The molecular formula is C14H14O3. The third-order valence-corrected chi connectivity index (χ3v) is 2.46. The molecule has 88 valence electrons. The molecule has 0 saturated heterocycles. The van der Waals surface area contributed by atoms with Gasteiger partial charge in [0.2, 0.25) is 0 Å². The lowest BCUT2D eigenvalue weighted by molar-refractivity contribution is 0.0691.